The summed E-state index contributed by atoms with van der Waals surface area (Å²) in [4.78, 5) is 15.2. The summed E-state index contributed by atoms with van der Waals surface area (Å²) in [6, 6.07) is 24.3. The van der Waals surface area contributed by atoms with Gasteiger partial charge in [0.2, 0.25) is 10.0 Å². The molecular formula is C27H33N3O3S. The zero-order chi connectivity index (χ0) is 24.6. The number of hydrogen-bond acceptors (Lipinski definition) is 4. The Bertz CT molecular complexity index is 1180. The van der Waals surface area contributed by atoms with Gasteiger partial charge in [-0.25, -0.2) is 13.1 Å². The minimum absolute atomic E-state index is 0.107. The largest absolute Gasteiger partial charge is 0.351 e. The van der Waals surface area contributed by atoms with Crippen LogP contribution in [0.25, 0.3) is 0 Å². The van der Waals surface area contributed by atoms with Gasteiger partial charge in [0.25, 0.3) is 5.91 Å². The first-order chi connectivity index (χ1) is 16.2. The minimum Gasteiger partial charge on any atom is -0.351 e. The Morgan fingerprint density at radius 3 is 2.26 bits per heavy atom. The Kier molecular flexibility index (Phi) is 8.98. The second-order valence-corrected chi connectivity index (χ2v) is 10.4. The zero-order valence-electron chi connectivity index (χ0n) is 20.0. The van der Waals surface area contributed by atoms with Crippen LogP contribution in [0.1, 0.15) is 40.9 Å². The first-order valence-corrected chi connectivity index (χ1v) is 12.9. The number of aryl methyl sites for hydroxylation is 1. The second-order valence-electron chi connectivity index (χ2n) is 8.64. The molecule has 0 aliphatic rings. The lowest BCUT2D eigenvalue weighted by atomic mass is 10.1. The van der Waals surface area contributed by atoms with Gasteiger partial charge in [0.15, 0.2) is 0 Å². The van der Waals surface area contributed by atoms with E-state index in [1.165, 1.54) is 5.56 Å². The summed E-state index contributed by atoms with van der Waals surface area (Å²) in [5, 5.41) is 2.98. The molecule has 0 saturated heterocycles. The highest BCUT2D eigenvalue weighted by atomic mass is 32.2. The van der Waals surface area contributed by atoms with Crippen LogP contribution in [0.5, 0.6) is 0 Å². The third-order valence-corrected chi connectivity index (χ3v) is 7.05. The van der Waals surface area contributed by atoms with Crippen molar-refractivity contribution in [3.05, 3.63) is 101 Å². The average Bonchev–Trinajstić information content (AvgIpc) is 2.83. The molecule has 7 heteroatoms. The van der Waals surface area contributed by atoms with E-state index >= 15 is 0 Å². The molecule has 180 valence electrons. The molecule has 0 fully saturated rings. The van der Waals surface area contributed by atoms with Gasteiger partial charge in [-0.2, -0.15) is 0 Å². The summed E-state index contributed by atoms with van der Waals surface area (Å²) in [6.45, 7) is 8.38. The molecule has 0 atom stereocenters. The lowest BCUT2D eigenvalue weighted by molar-refractivity contribution is 0.0944. The van der Waals surface area contributed by atoms with Crippen LogP contribution in [-0.4, -0.2) is 38.4 Å². The smallest absolute Gasteiger partial charge is 0.251 e. The molecule has 0 aliphatic heterocycles. The van der Waals surface area contributed by atoms with E-state index in [0.29, 0.717) is 18.2 Å². The summed E-state index contributed by atoms with van der Waals surface area (Å²) in [5.74, 6) is -0.174. The van der Waals surface area contributed by atoms with E-state index in [9.17, 15) is 13.2 Å². The van der Waals surface area contributed by atoms with Crippen molar-refractivity contribution in [3.63, 3.8) is 0 Å². The van der Waals surface area contributed by atoms with E-state index in [-0.39, 0.29) is 17.3 Å². The van der Waals surface area contributed by atoms with Crippen molar-refractivity contribution in [2.24, 2.45) is 0 Å². The Balaban J connectivity index is 1.54. The Labute approximate surface area is 203 Å². The summed E-state index contributed by atoms with van der Waals surface area (Å²) < 4.78 is 27.7. The minimum atomic E-state index is -3.62. The SMILES string of the molecule is Cc1ccc(S(=O)(=O)NCc2cccc(C(=O)NCCN(Cc3ccccc3)C(C)C)c2)cc1. The first kappa shape index (κ1) is 25.6. The van der Waals surface area contributed by atoms with Crippen LogP contribution in [0.15, 0.2) is 83.8 Å². The van der Waals surface area contributed by atoms with Crippen molar-refractivity contribution in [2.75, 3.05) is 13.1 Å². The van der Waals surface area contributed by atoms with Crippen LogP contribution in [0.3, 0.4) is 0 Å². The van der Waals surface area contributed by atoms with Crippen molar-refractivity contribution in [3.8, 4) is 0 Å². The molecule has 3 aromatic rings. The van der Waals surface area contributed by atoms with Gasteiger partial charge in [0.1, 0.15) is 0 Å². The molecule has 3 rings (SSSR count). The predicted molar refractivity (Wildman–Crippen MR) is 136 cm³/mol. The topological polar surface area (TPSA) is 78.5 Å². The third kappa shape index (κ3) is 7.52. The number of carbonyl (C=O) groups excluding carboxylic acids is 1. The Hall–Kier alpha value is -3.00. The maximum absolute atomic E-state index is 12.7. The van der Waals surface area contributed by atoms with Gasteiger partial charge in [0.05, 0.1) is 4.90 Å². The Morgan fingerprint density at radius 2 is 1.59 bits per heavy atom. The molecule has 0 unspecified atom stereocenters. The molecule has 1 amide bonds. The lowest BCUT2D eigenvalue weighted by Gasteiger charge is -2.26. The molecular weight excluding hydrogens is 446 g/mol. The molecule has 34 heavy (non-hydrogen) atoms. The van der Waals surface area contributed by atoms with E-state index in [0.717, 1.165) is 24.2 Å². The van der Waals surface area contributed by atoms with Crippen LogP contribution in [-0.2, 0) is 23.1 Å². The van der Waals surface area contributed by atoms with E-state index in [2.05, 4.69) is 40.9 Å². The number of benzene rings is 3. The van der Waals surface area contributed by atoms with Crippen molar-refractivity contribution < 1.29 is 13.2 Å². The van der Waals surface area contributed by atoms with Crippen molar-refractivity contribution >= 4 is 15.9 Å². The number of carbonyl (C=O) groups is 1. The van der Waals surface area contributed by atoms with Gasteiger partial charge in [-0.3, -0.25) is 9.69 Å². The molecule has 6 nitrogen and oxygen atoms in total. The third-order valence-electron chi connectivity index (χ3n) is 5.63. The quantitative estimate of drug-likeness (QED) is 0.434. The summed E-state index contributed by atoms with van der Waals surface area (Å²) >= 11 is 0. The van der Waals surface area contributed by atoms with Crippen molar-refractivity contribution in [1.29, 1.82) is 0 Å². The standard InChI is InChI=1S/C27H33N3O3S/c1-21(2)30(20-23-8-5-4-6-9-23)17-16-28-27(31)25-11-7-10-24(18-25)19-29-34(32,33)26-14-12-22(3)13-15-26/h4-15,18,21,29H,16-17,19-20H2,1-3H3,(H,28,31). The van der Waals surface area contributed by atoms with E-state index < -0.39 is 10.0 Å². The highest BCUT2D eigenvalue weighted by Crippen LogP contribution is 2.12. The molecule has 3 aromatic carbocycles. The predicted octanol–water partition coefficient (Wildman–Crippen LogP) is 4.11. The van der Waals surface area contributed by atoms with Crippen LogP contribution in [0.4, 0.5) is 0 Å². The number of nitrogens with zero attached hydrogens (tertiary/aromatic N) is 1. The van der Waals surface area contributed by atoms with E-state index in [4.69, 9.17) is 0 Å². The fourth-order valence-electron chi connectivity index (χ4n) is 3.55. The molecule has 0 radical (unpaired) electrons. The fourth-order valence-corrected chi connectivity index (χ4v) is 4.57. The van der Waals surface area contributed by atoms with Gasteiger partial charge in [-0.05, 0) is 56.2 Å². The molecule has 2 N–H and O–H groups in total. The molecule has 0 saturated carbocycles. The van der Waals surface area contributed by atoms with Gasteiger partial charge < -0.3 is 5.32 Å². The molecule has 0 spiro atoms. The molecule has 0 aliphatic carbocycles. The van der Waals surface area contributed by atoms with E-state index in [1.807, 2.05) is 25.1 Å². The van der Waals surface area contributed by atoms with Gasteiger partial charge >= 0.3 is 0 Å². The maximum Gasteiger partial charge on any atom is 0.251 e. The normalized spacial score (nSPS) is 11.7. The monoisotopic (exact) mass is 479 g/mol. The van der Waals surface area contributed by atoms with Crippen LogP contribution >= 0.6 is 0 Å². The zero-order valence-corrected chi connectivity index (χ0v) is 20.8. The molecule has 0 heterocycles. The van der Waals surface area contributed by atoms with Crippen molar-refractivity contribution in [2.45, 2.75) is 44.8 Å². The van der Waals surface area contributed by atoms with Gasteiger partial charge in [-0.1, -0.05) is 60.2 Å². The lowest BCUT2D eigenvalue weighted by Crippen LogP contribution is -2.38. The second kappa shape index (κ2) is 11.9. The summed E-state index contributed by atoms with van der Waals surface area (Å²) in [5.41, 5.74) is 3.46. The number of rotatable bonds is 11. The highest BCUT2D eigenvalue weighted by molar-refractivity contribution is 7.89. The van der Waals surface area contributed by atoms with Crippen LogP contribution in [0, 0.1) is 6.92 Å². The fraction of sp³-hybridized carbons (Fsp3) is 0.296. The number of amides is 1. The number of nitrogens with one attached hydrogen (secondary N) is 2. The van der Waals surface area contributed by atoms with Crippen LogP contribution in [0.2, 0.25) is 0 Å². The highest BCUT2D eigenvalue weighted by Gasteiger charge is 2.15. The van der Waals surface area contributed by atoms with E-state index in [1.54, 1.807) is 48.5 Å². The Morgan fingerprint density at radius 1 is 0.912 bits per heavy atom. The summed E-state index contributed by atoms with van der Waals surface area (Å²) in [7, 11) is -3.62. The maximum atomic E-state index is 12.7. The van der Waals surface area contributed by atoms with Crippen molar-refractivity contribution in [1.82, 2.24) is 14.9 Å². The number of hydrogen-bond donors (Lipinski definition) is 2. The van der Waals surface area contributed by atoms with Gasteiger partial charge in [0, 0.05) is 37.8 Å². The van der Waals surface area contributed by atoms with Crippen LogP contribution < -0.4 is 10.0 Å². The molecule has 0 bridgehead atoms. The average molecular weight is 480 g/mol. The summed E-state index contributed by atoms with van der Waals surface area (Å²) in [6.07, 6.45) is 0. The molecule has 0 aromatic heterocycles. The number of sulfonamides is 1. The van der Waals surface area contributed by atoms with Gasteiger partial charge in [-0.15, -0.1) is 0 Å². The first-order valence-electron chi connectivity index (χ1n) is 11.5.